The number of benzene rings is 1. The van der Waals surface area contributed by atoms with Gasteiger partial charge in [-0.3, -0.25) is 4.31 Å². The Labute approximate surface area is 112 Å². The lowest BCUT2D eigenvalue weighted by atomic mass is 10.1. The van der Waals surface area contributed by atoms with Crippen molar-refractivity contribution in [3.05, 3.63) is 23.8 Å². The van der Waals surface area contributed by atoms with Gasteiger partial charge in [0.25, 0.3) is 0 Å². The zero-order chi connectivity index (χ0) is 14.6. The molecule has 0 aliphatic carbocycles. The van der Waals surface area contributed by atoms with Crippen LogP contribution in [0.15, 0.2) is 18.2 Å². The number of carbonyl (C=O) groups is 1. The van der Waals surface area contributed by atoms with E-state index in [1.165, 1.54) is 25.2 Å². The van der Waals surface area contributed by atoms with Crippen molar-refractivity contribution in [2.75, 3.05) is 23.6 Å². The van der Waals surface area contributed by atoms with E-state index in [2.05, 4.69) is 4.72 Å². The van der Waals surface area contributed by atoms with Crippen LogP contribution in [0, 0.1) is 0 Å². The first-order chi connectivity index (χ1) is 8.79. The molecule has 0 aliphatic rings. The molecule has 19 heavy (non-hydrogen) atoms. The second kappa shape index (κ2) is 5.89. The molecule has 0 aromatic heterocycles. The first-order valence-electron chi connectivity index (χ1n) is 5.66. The molecule has 0 spiro atoms. The molecule has 0 bridgehead atoms. The summed E-state index contributed by atoms with van der Waals surface area (Å²) in [6.45, 7) is 2.11. The standard InChI is InChI=1S/C11H17N3O4S/c1-3-6-13-19(17,18)14(2)10-5-4-8(12)7-9(10)11(15)16/h4-5,7,13H,3,6,12H2,1-2H3,(H,15,16). The number of rotatable bonds is 6. The van der Waals surface area contributed by atoms with Gasteiger partial charge in [-0.25, -0.2) is 4.79 Å². The highest BCUT2D eigenvalue weighted by Gasteiger charge is 2.22. The summed E-state index contributed by atoms with van der Waals surface area (Å²) in [6, 6.07) is 4.04. The van der Waals surface area contributed by atoms with Crippen molar-refractivity contribution in [3.8, 4) is 0 Å². The number of carboxylic acid groups (broad SMARTS) is 1. The van der Waals surface area contributed by atoms with Crippen molar-refractivity contribution in [2.45, 2.75) is 13.3 Å². The van der Waals surface area contributed by atoms with E-state index in [1.54, 1.807) is 0 Å². The molecule has 0 aliphatic heterocycles. The second-order valence-corrected chi connectivity index (χ2v) is 5.74. The lowest BCUT2D eigenvalue weighted by Gasteiger charge is -2.21. The van der Waals surface area contributed by atoms with Crippen LogP contribution in [0.4, 0.5) is 11.4 Å². The number of nitrogens with two attached hydrogens (primary N) is 1. The van der Waals surface area contributed by atoms with Crippen molar-refractivity contribution in [1.82, 2.24) is 4.72 Å². The maximum atomic E-state index is 11.9. The Morgan fingerprint density at radius 3 is 2.63 bits per heavy atom. The minimum atomic E-state index is -3.77. The molecule has 1 rings (SSSR count). The van der Waals surface area contributed by atoms with Crippen LogP contribution < -0.4 is 14.8 Å². The van der Waals surface area contributed by atoms with Gasteiger partial charge in [0.2, 0.25) is 0 Å². The summed E-state index contributed by atoms with van der Waals surface area (Å²) in [7, 11) is -2.48. The van der Waals surface area contributed by atoms with Gasteiger partial charge in [-0.15, -0.1) is 0 Å². The summed E-state index contributed by atoms with van der Waals surface area (Å²) in [5.74, 6) is -1.24. The summed E-state index contributed by atoms with van der Waals surface area (Å²) in [4.78, 5) is 11.1. The van der Waals surface area contributed by atoms with Crippen molar-refractivity contribution < 1.29 is 18.3 Å². The highest BCUT2D eigenvalue weighted by atomic mass is 32.2. The third-order valence-electron chi connectivity index (χ3n) is 2.49. The molecule has 106 valence electrons. The zero-order valence-corrected chi connectivity index (χ0v) is 11.6. The summed E-state index contributed by atoms with van der Waals surface area (Å²) < 4.78 is 27.1. The molecule has 0 amide bonds. The van der Waals surface area contributed by atoms with Gasteiger partial charge in [-0.05, 0) is 24.6 Å². The Morgan fingerprint density at radius 2 is 2.11 bits per heavy atom. The topological polar surface area (TPSA) is 113 Å². The van der Waals surface area contributed by atoms with Crippen LogP contribution >= 0.6 is 0 Å². The predicted molar refractivity (Wildman–Crippen MR) is 73.4 cm³/mol. The van der Waals surface area contributed by atoms with E-state index < -0.39 is 16.2 Å². The number of hydrogen-bond acceptors (Lipinski definition) is 4. The third kappa shape index (κ3) is 3.58. The van der Waals surface area contributed by atoms with Gasteiger partial charge in [0.05, 0.1) is 11.3 Å². The minimum absolute atomic E-state index is 0.0605. The lowest BCUT2D eigenvalue weighted by molar-refractivity contribution is 0.0698. The van der Waals surface area contributed by atoms with Crippen molar-refractivity contribution in [2.24, 2.45) is 0 Å². The van der Waals surface area contributed by atoms with Crippen LogP contribution in [0.25, 0.3) is 0 Å². The minimum Gasteiger partial charge on any atom is -0.478 e. The van der Waals surface area contributed by atoms with Crippen LogP contribution in [-0.4, -0.2) is 33.1 Å². The molecule has 8 heteroatoms. The Balaban J connectivity index is 3.19. The average molecular weight is 287 g/mol. The summed E-state index contributed by atoms with van der Waals surface area (Å²) in [5.41, 5.74) is 5.66. The molecule has 0 atom stereocenters. The quantitative estimate of drug-likeness (QED) is 0.665. The van der Waals surface area contributed by atoms with E-state index in [-0.39, 0.29) is 23.5 Å². The Kier molecular flexibility index (Phi) is 4.73. The molecule has 0 saturated heterocycles. The Hall–Kier alpha value is -1.80. The second-order valence-electron chi connectivity index (χ2n) is 3.95. The smallest absolute Gasteiger partial charge is 0.337 e. The fourth-order valence-electron chi connectivity index (χ4n) is 1.46. The maximum Gasteiger partial charge on any atom is 0.337 e. The molecule has 7 nitrogen and oxygen atoms in total. The van der Waals surface area contributed by atoms with E-state index in [9.17, 15) is 13.2 Å². The van der Waals surface area contributed by atoms with Gasteiger partial charge in [-0.1, -0.05) is 6.92 Å². The monoisotopic (exact) mass is 287 g/mol. The highest BCUT2D eigenvalue weighted by molar-refractivity contribution is 7.90. The molecule has 0 radical (unpaired) electrons. The first kappa shape index (κ1) is 15.3. The molecule has 0 unspecified atom stereocenters. The van der Waals surface area contributed by atoms with Crippen molar-refractivity contribution in [3.63, 3.8) is 0 Å². The normalized spacial score (nSPS) is 11.3. The van der Waals surface area contributed by atoms with Crippen LogP contribution in [0.2, 0.25) is 0 Å². The number of nitrogens with one attached hydrogen (secondary N) is 1. The largest absolute Gasteiger partial charge is 0.478 e. The number of nitrogen functional groups attached to an aromatic ring is 1. The van der Waals surface area contributed by atoms with Crippen LogP contribution in [0.5, 0.6) is 0 Å². The zero-order valence-electron chi connectivity index (χ0n) is 10.8. The van der Waals surface area contributed by atoms with Gasteiger partial charge in [0.15, 0.2) is 0 Å². The Morgan fingerprint density at radius 1 is 1.47 bits per heavy atom. The summed E-state index contributed by atoms with van der Waals surface area (Å²) in [5, 5.41) is 9.08. The van der Waals surface area contributed by atoms with E-state index in [4.69, 9.17) is 10.8 Å². The fourth-order valence-corrected chi connectivity index (χ4v) is 2.53. The molecule has 0 fully saturated rings. The third-order valence-corrected chi connectivity index (χ3v) is 3.97. The molecular weight excluding hydrogens is 270 g/mol. The van der Waals surface area contributed by atoms with Crippen LogP contribution in [0.1, 0.15) is 23.7 Å². The molecule has 0 heterocycles. The molecule has 1 aromatic carbocycles. The van der Waals surface area contributed by atoms with Gasteiger partial charge < -0.3 is 10.8 Å². The van der Waals surface area contributed by atoms with E-state index in [0.717, 1.165) is 4.31 Å². The fraction of sp³-hybridized carbons (Fsp3) is 0.364. The highest BCUT2D eigenvalue weighted by Crippen LogP contribution is 2.24. The van der Waals surface area contributed by atoms with Gasteiger partial charge >= 0.3 is 16.2 Å². The molecule has 0 saturated carbocycles. The van der Waals surface area contributed by atoms with Gasteiger partial charge in [0, 0.05) is 19.3 Å². The number of anilines is 2. The lowest BCUT2D eigenvalue weighted by Crippen LogP contribution is -2.39. The summed E-state index contributed by atoms with van der Waals surface area (Å²) in [6.07, 6.45) is 0.639. The van der Waals surface area contributed by atoms with Crippen molar-refractivity contribution >= 4 is 27.6 Å². The molecule has 4 N–H and O–H groups in total. The van der Waals surface area contributed by atoms with E-state index in [1.807, 2.05) is 6.92 Å². The SMILES string of the molecule is CCCNS(=O)(=O)N(C)c1ccc(N)cc1C(=O)O. The number of carboxylic acids is 1. The van der Waals surface area contributed by atoms with Gasteiger partial charge in [0.1, 0.15) is 0 Å². The van der Waals surface area contributed by atoms with Gasteiger partial charge in [-0.2, -0.15) is 13.1 Å². The maximum absolute atomic E-state index is 11.9. The molecule has 1 aromatic rings. The van der Waals surface area contributed by atoms with Crippen LogP contribution in [0.3, 0.4) is 0 Å². The number of hydrogen-bond donors (Lipinski definition) is 3. The Bertz CT molecular complexity index is 571. The summed E-state index contributed by atoms with van der Waals surface area (Å²) >= 11 is 0. The first-order valence-corrected chi connectivity index (χ1v) is 7.10. The van der Waals surface area contributed by atoms with Crippen molar-refractivity contribution in [1.29, 1.82) is 0 Å². The number of aromatic carboxylic acids is 1. The van der Waals surface area contributed by atoms with E-state index in [0.29, 0.717) is 6.42 Å². The number of nitrogens with zero attached hydrogens (tertiary/aromatic N) is 1. The van der Waals surface area contributed by atoms with Crippen LogP contribution in [-0.2, 0) is 10.2 Å². The predicted octanol–water partition coefficient (Wildman–Crippen LogP) is 0.648. The molecular formula is C11H17N3O4S. The average Bonchev–Trinajstić information content (AvgIpc) is 2.35. The van der Waals surface area contributed by atoms with E-state index >= 15 is 0 Å².